The number of allylic oxidation sites excluding steroid dienone is 1. The minimum absolute atomic E-state index is 1.10. The molecule has 1 nitrogen and oxygen atoms in total. The second kappa shape index (κ2) is 8.14. The molecule has 0 aliphatic heterocycles. The second-order valence-electron chi connectivity index (χ2n) is 9.37. The van der Waals surface area contributed by atoms with Crippen LogP contribution in [0.3, 0.4) is 0 Å². The van der Waals surface area contributed by atoms with Crippen molar-refractivity contribution in [2.24, 2.45) is 0 Å². The molecule has 0 heterocycles. The molecule has 1 heteroatoms. The van der Waals surface area contributed by atoms with Gasteiger partial charge in [-0.15, -0.1) is 0 Å². The highest BCUT2D eigenvalue weighted by Gasteiger charge is 2.13. The van der Waals surface area contributed by atoms with Crippen molar-refractivity contribution in [1.29, 1.82) is 0 Å². The topological polar surface area (TPSA) is 12.0 Å². The summed E-state index contributed by atoms with van der Waals surface area (Å²) in [4.78, 5) is 0. The molecule has 0 saturated carbocycles. The fourth-order valence-corrected chi connectivity index (χ4v) is 5.61. The van der Waals surface area contributed by atoms with E-state index in [1.165, 1.54) is 54.6 Å². The molecule has 6 aromatic carbocycles. The molecule has 0 aromatic heterocycles. The SMILES string of the molecule is C1=Cc2cc(Nc3ccc(-c4cc5ccccc5c5ccccc45)cc3)c3ccccc3c2CC1. The van der Waals surface area contributed by atoms with Crippen molar-refractivity contribution >= 4 is 49.8 Å². The van der Waals surface area contributed by atoms with Gasteiger partial charge in [-0.3, -0.25) is 0 Å². The minimum Gasteiger partial charge on any atom is -0.355 e. The lowest BCUT2D eigenvalue weighted by atomic mass is 9.90. The molecule has 0 unspecified atom stereocenters. The summed E-state index contributed by atoms with van der Waals surface area (Å²) >= 11 is 0. The van der Waals surface area contributed by atoms with Gasteiger partial charge in [-0.25, -0.2) is 0 Å². The summed E-state index contributed by atoms with van der Waals surface area (Å²) in [7, 11) is 0. The van der Waals surface area contributed by atoms with Crippen LogP contribution in [0.5, 0.6) is 0 Å². The van der Waals surface area contributed by atoms with Gasteiger partial charge in [0, 0.05) is 16.8 Å². The van der Waals surface area contributed by atoms with Crippen LogP contribution >= 0.6 is 0 Å². The van der Waals surface area contributed by atoms with E-state index < -0.39 is 0 Å². The standard InChI is InChI=1S/C34H25N/c1-3-11-27-24(9-1)21-33(31-15-6-5-13-29(27)31)23-17-19-26(20-18-23)35-34-22-25-10-2-4-12-28(25)30-14-7-8-16-32(30)34/h1-3,5-11,13-22,35H,4,12H2. The molecule has 1 N–H and O–H groups in total. The smallest absolute Gasteiger partial charge is 0.0470 e. The lowest BCUT2D eigenvalue weighted by Crippen LogP contribution is -1.99. The van der Waals surface area contributed by atoms with Crippen LogP contribution in [0, 0.1) is 0 Å². The van der Waals surface area contributed by atoms with E-state index >= 15 is 0 Å². The molecule has 0 amide bonds. The highest BCUT2D eigenvalue weighted by Crippen LogP contribution is 2.37. The largest absolute Gasteiger partial charge is 0.355 e. The Morgan fingerprint density at radius 3 is 2.09 bits per heavy atom. The van der Waals surface area contributed by atoms with Crippen LogP contribution < -0.4 is 5.32 Å². The van der Waals surface area contributed by atoms with E-state index in [4.69, 9.17) is 0 Å². The van der Waals surface area contributed by atoms with Crippen molar-refractivity contribution in [3.63, 3.8) is 0 Å². The highest BCUT2D eigenvalue weighted by atomic mass is 14.9. The Bertz CT molecular complexity index is 1760. The molecule has 0 saturated heterocycles. The van der Waals surface area contributed by atoms with Gasteiger partial charge in [-0.05, 0) is 86.3 Å². The number of nitrogens with one attached hydrogen (secondary N) is 1. The predicted molar refractivity (Wildman–Crippen MR) is 151 cm³/mol. The molecule has 1 aliphatic rings. The quantitative estimate of drug-likeness (QED) is 0.266. The molecule has 7 rings (SSSR count). The Morgan fingerprint density at radius 1 is 0.571 bits per heavy atom. The van der Waals surface area contributed by atoms with Gasteiger partial charge < -0.3 is 5.32 Å². The maximum atomic E-state index is 3.71. The fourth-order valence-electron chi connectivity index (χ4n) is 5.61. The Kier molecular flexibility index (Phi) is 4.67. The lowest BCUT2D eigenvalue weighted by molar-refractivity contribution is 0.997. The first-order chi connectivity index (χ1) is 17.3. The number of hydrogen-bond acceptors (Lipinski definition) is 1. The zero-order valence-electron chi connectivity index (χ0n) is 19.5. The number of anilines is 2. The van der Waals surface area contributed by atoms with Crippen molar-refractivity contribution in [1.82, 2.24) is 0 Å². The zero-order valence-corrected chi connectivity index (χ0v) is 19.5. The third kappa shape index (κ3) is 3.40. The van der Waals surface area contributed by atoms with Crippen LogP contribution in [0.25, 0.3) is 49.5 Å². The maximum absolute atomic E-state index is 3.71. The summed E-state index contributed by atoms with van der Waals surface area (Å²) in [6.07, 6.45) is 6.78. The molecular formula is C34H25N. The van der Waals surface area contributed by atoms with E-state index in [9.17, 15) is 0 Å². The van der Waals surface area contributed by atoms with Crippen molar-refractivity contribution in [3.8, 4) is 11.1 Å². The van der Waals surface area contributed by atoms with E-state index in [1.54, 1.807) is 0 Å². The summed E-state index contributed by atoms with van der Waals surface area (Å²) in [5.41, 5.74) is 7.56. The summed E-state index contributed by atoms with van der Waals surface area (Å²) < 4.78 is 0. The van der Waals surface area contributed by atoms with E-state index in [1.807, 2.05) is 0 Å². The molecule has 0 atom stereocenters. The Morgan fingerprint density at radius 2 is 1.26 bits per heavy atom. The third-order valence-electron chi connectivity index (χ3n) is 7.29. The third-order valence-corrected chi connectivity index (χ3v) is 7.29. The van der Waals surface area contributed by atoms with Crippen LogP contribution in [-0.2, 0) is 6.42 Å². The summed E-state index contributed by atoms with van der Waals surface area (Å²) in [6, 6.07) is 39.6. The van der Waals surface area contributed by atoms with Gasteiger partial charge in [0.05, 0.1) is 0 Å². The highest BCUT2D eigenvalue weighted by molar-refractivity contribution is 6.13. The number of aryl methyl sites for hydroxylation is 1. The summed E-state index contributed by atoms with van der Waals surface area (Å²) in [5.74, 6) is 0. The van der Waals surface area contributed by atoms with Gasteiger partial charge in [-0.2, -0.15) is 0 Å². The number of fused-ring (bicyclic) bond motifs is 6. The van der Waals surface area contributed by atoms with Crippen LogP contribution in [0.4, 0.5) is 11.4 Å². The van der Waals surface area contributed by atoms with Crippen LogP contribution in [-0.4, -0.2) is 0 Å². The van der Waals surface area contributed by atoms with Gasteiger partial charge in [-0.1, -0.05) is 97.1 Å². The van der Waals surface area contributed by atoms with Gasteiger partial charge >= 0.3 is 0 Å². The zero-order chi connectivity index (χ0) is 23.2. The predicted octanol–water partition coefficient (Wildman–Crippen LogP) is 9.52. The Balaban J connectivity index is 1.30. The second-order valence-corrected chi connectivity index (χ2v) is 9.37. The summed E-state index contributed by atoms with van der Waals surface area (Å²) in [6.45, 7) is 0. The van der Waals surface area contributed by atoms with Crippen LogP contribution in [0.1, 0.15) is 17.5 Å². The number of hydrogen-bond donors (Lipinski definition) is 1. The fraction of sp³-hybridized carbons (Fsp3) is 0.0588. The van der Waals surface area contributed by atoms with Crippen molar-refractivity contribution in [2.45, 2.75) is 12.8 Å². The normalized spacial score (nSPS) is 12.8. The first-order valence-corrected chi connectivity index (χ1v) is 12.3. The molecule has 0 fully saturated rings. The van der Waals surface area contributed by atoms with Gasteiger partial charge in [0.2, 0.25) is 0 Å². The van der Waals surface area contributed by atoms with E-state index in [0.29, 0.717) is 0 Å². The molecule has 6 aromatic rings. The van der Waals surface area contributed by atoms with E-state index in [-0.39, 0.29) is 0 Å². The van der Waals surface area contributed by atoms with Crippen LogP contribution in [0.15, 0.2) is 115 Å². The first kappa shape index (κ1) is 20.1. The molecule has 166 valence electrons. The molecule has 0 spiro atoms. The van der Waals surface area contributed by atoms with E-state index in [0.717, 1.165) is 24.2 Å². The van der Waals surface area contributed by atoms with Gasteiger partial charge in [0.1, 0.15) is 0 Å². The van der Waals surface area contributed by atoms with Crippen molar-refractivity contribution in [3.05, 3.63) is 126 Å². The average Bonchev–Trinajstić information content (AvgIpc) is 2.93. The van der Waals surface area contributed by atoms with Crippen LogP contribution in [0.2, 0.25) is 0 Å². The Hall–Kier alpha value is -4.36. The van der Waals surface area contributed by atoms with E-state index in [2.05, 4.69) is 127 Å². The number of benzene rings is 6. The van der Waals surface area contributed by atoms with Gasteiger partial charge in [0.25, 0.3) is 0 Å². The molecular weight excluding hydrogens is 422 g/mol. The molecule has 1 aliphatic carbocycles. The van der Waals surface area contributed by atoms with Crippen molar-refractivity contribution < 1.29 is 0 Å². The Labute approximate surface area is 205 Å². The summed E-state index contributed by atoms with van der Waals surface area (Å²) in [5, 5.41) is 11.5. The molecule has 0 radical (unpaired) electrons. The van der Waals surface area contributed by atoms with Crippen molar-refractivity contribution in [2.75, 3.05) is 5.32 Å². The maximum Gasteiger partial charge on any atom is 0.0470 e. The number of rotatable bonds is 3. The molecule has 35 heavy (non-hydrogen) atoms. The average molecular weight is 448 g/mol. The van der Waals surface area contributed by atoms with Gasteiger partial charge in [0.15, 0.2) is 0 Å². The molecule has 0 bridgehead atoms. The first-order valence-electron chi connectivity index (χ1n) is 12.3. The monoisotopic (exact) mass is 447 g/mol. The lowest BCUT2D eigenvalue weighted by Gasteiger charge is -2.18. The minimum atomic E-state index is 1.10.